The Morgan fingerprint density at radius 2 is 1.62 bits per heavy atom. The molecule has 0 spiro atoms. The van der Waals surface area contributed by atoms with Crippen molar-refractivity contribution in [2.24, 2.45) is 5.10 Å². The van der Waals surface area contributed by atoms with Gasteiger partial charge in [0.2, 0.25) is 0 Å². The van der Waals surface area contributed by atoms with Gasteiger partial charge in [-0.25, -0.2) is 0 Å². The second kappa shape index (κ2) is 7.57. The van der Waals surface area contributed by atoms with E-state index in [0.717, 1.165) is 22.8 Å². The lowest BCUT2D eigenvalue weighted by atomic mass is 10.3. The molecule has 0 fully saturated rings. The number of nitrogens with one attached hydrogen (secondary N) is 2. The summed E-state index contributed by atoms with van der Waals surface area (Å²) >= 11 is 5.24. The van der Waals surface area contributed by atoms with E-state index in [-0.39, 0.29) is 0 Å². The first-order valence-electron chi connectivity index (χ1n) is 7.63. The van der Waals surface area contributed by atoms with E-state index in [1.54, 1.807) is 6.21 Å². The first-order valence-corrected chi connectivity index (χ1v) is 8.04. The number of aromatic nitrogens is 1. The van der Waals surface area contributed by atoms with E-state index in [1.807, 2.05) is 54.6 Å². The third-order valence-corrected chi connectivity index (χ3v) is 3.71. The molecule has 0 aliphatic carbocycles. The fraction of sp³-hybridized carbons (Fsp3) is 0.0526. The highest BCUT2D eigenvalue weighted by atomic mass is 32.1. The minimum absolute atomic E-state index is 0.451. The molecule has 2 N–H and O–H groups in total. The minimum atomic E-state index is 0.451. The maximum Gasteiger partial charge on any atom is 0.191 e. The zero-order chi connectivity index (χ0) is 16.8. The zero-order valence-corrected chi connectivity index (χ0v) is 14.1. The van der Waals surface area contributed by atoms with Crippen LogP contribution in [0, 0.1) is 6.92 Å². The molecule has 0 amide bonds. The van der Waals surface area contributed by atoms with Crippen LogP contribution in [0.25, 0.3) is 5.69 Å². The van der Waals surface area contributed by atoms with E-state index < -0.39 is 0 Å². The molecule has 24 heavy (non-hydrogen) atoms. The van der Waals surface area contributed by atoms with Gasteiger partial charge in [0.25, 0.3) is 0 Å². The Balaban J connectivity index is 1.68. The average Bonchev–Trinajstić information content (AvgIpc) is 2.97. The summed E-state index contributed by atoms with van der Waals surface area (Å²) in [6, 6.07) is 24.0. The second-order valence-electron chi connectivity index (χ2n) is 5.26. The number of anilines is 1. The Hall–Kier alpha value is -2.92. The van der Waals surface area contributed by atoms with Crippen LogP contribution in [0.5, 0.6) is 0 Å². The number of thiocarbonyl (C=S) groups is 1. The van der Waals surface area contributed by atoms with Crippen molar-refractivity contribution in [1.29, 1.82) is 0 Å². The minimum Gasteiger partial charge on any atom is -0.331 e. The maximum atomic E-state index is 5.24. The number of hydrogen-bond donors (Lipinski definition) is 2. The van der Waals surface area contributed by atoms with Crippen LogP contribution >= 0.6 is 12.2 Å². The van der Waals surface area contributed by atoms with Crippen LogP contribution in [-0.2, 0) is 0 Å². The molecule has 120 valence electrons. The van der Waals surface area contributed by atoms with Gasteiger partial charge in [0, 0.05) is 17.1 Å². The average molecular weight is 334 g/mol. The lowest BCUT2D eigenvalue weighted by Crippen LogP contribution is -2.23. The smallest absolute Gasteiger partial charge is 0.191 e. The van der Waals surface area contributed by atoms with Gasteiger partial charge in [0.1, 0.15) is 0 Å². The highest BCUT2D eigenvalue weighted by molar-refractivity contribution is 7.80. The lowest BCUT2D eigenvalue weighted by Gasteiger charge is -2.09. The molecule has 1 heterocycles. The number of aryl methyl sites for hydroxylation is 1. The highest BCUT2D eigenvalue weighted by Gasteiger charge is 2.05. The third-order valence-electron chi connectivity index (χ3n) is 3.52. The lowest BCUT2D eigenvalue weighted by molar-refractivity contribution is 0.993. The molecule has 0 saturated heterocycles. The Morgan fingerprint density at radius 3 is 2.33 bits per heavy atom. The summed E-state index contributed by atoms with van der Waals surface area (Å²) in [7, 11) is 0. The van der Waals surface area contributed by atoms with Gasteiger partial charge in [0.05, 0.1) is 11.9 Å². The summed E-state index contributed by atoms with van der Waals surface area (Å²) in [6.07, 6.45) is 1.76. The molecule has 0 radical (unpaired) electrons. The monoisotopic (exact) mass is 334 g/mol. The van der Waals surface area contributed by atoms with Crippen molar-refractivity contribution in [3.8, 4) is 5.69 Å². The molecule has 2 aromatic carbocycles. The van der Waals surface area contributed by atoms with Crippen molar-refractivity contribution >= 4 is 29.2 Å². The molecule has 0 unspecified atom stereocenters. The topological polar surface area (TPSA) is 41.4 Å². The fourth-order valence-electron chi connectivity index (χ4n) is 2.43. The predicted octanol–water partition coefficient (Wildman–Crippen LogP) is 4.11. The SMILES string of the molecule is Cc1ccc(/C=N\NC(=S)Nc2ccccc2)n1-c1ccccc1. The molecule has 0 bridgehead atoms. The summed E-state index contributed by atoms with van der Waals surface area (Å²) in [6.45, 7) is 2.07. The largest absolute Gasteiger partial charge is 0.331 e. The van der Waals surface area contributed by atoms with Crippen molar-refractivity contribution in [3.05, 3.63) is 84.2 Å². The van der Waals surface area contributed by atoms with Crippen LogP contribution in [0.1, 0.15) is 11.4 Å². The van der Waals surface area contributed by atoms with Crippen molar-refractivity contribution in [1.82, 2.24) is 9.99 Å². The number of hydrogen-bond acceptors (Lipinski definition) is 2. The molecule has 5 heteroatoms. The molecule has 0 atom stereocenters. The van der Waals surface area contributed by atoms with E-state index >= 15 is 0 Å². The summed E-state index contributed by atoms with van der Waals surface area (Å²) in [5, 5.41) is 7.77. The van der Waals surface area contributed by atoms with Crippen molar-refractivity contribution in [3.63, 3.8) is 0 Å². The van der Waals surface area contributed by atoms with E-state index in [0.29, 0.717) is 5.11 Å². The van der Waals surface area contributed by atoms with Crippen molar-refractivity contribution in [2.45, 2.75) is 6.92 Å². The first kappa shape index (κ1) is 16.0. The molecule has 3 aromatic rings. The van der Waals surface area contributed by atoms with Crippen LogP contribution in [0.15, 0.2) is 77.9 Å². The van der Waals surface area contributed by atoms with Crippen LogP contribution in [-0.4, -0.2) is 15.9 Å². The molecule has 3 rings (SSSR count). The first-order chi connectivity index (χ1) is 11.7. The van der Waals surface area contributed by atoms with Crippen LogP contribution in [0.2, 0.25) is 0 Å². The molecular formula is C19H18N4S. The summed E-state index contributed by atoms with van der Waals surface area (Å²) in [5.74, 6) is 0. The van der Waals surface area contributed by atoms with Crippen LogP contribution in [0.4, 0.5) is 5.69 Å². The van der Waals surface area contributed by atoms with E-state index in [2.05, 4.69) is 45.5 Å². The Bertz CT molecular complexity index is 838. The predicted molar refractivity (Wildman–Crippen MR) is 104 cm³/mol. The summed E-state index contributed by atoms with van der Waals surface area (Å²) in [5.41, 5.74) is 7.00. The van der Waals surface area contributed by atoms with Crippen LogP contribution in [0.3, 0.4) is 0 Å². The standard InChI is InChI=1S/C19H18N4S/c1-15-12-13-18(23(15)17-10-6-3-7-11-17)14-20-22-19(24)21-16-8-4-2-5-9-16/h2-14H,1H3,(H2,21,22,24)/b20-14-. The number of rotatable bonds is 4. The Labute approximate surface area is 146 Å². The normalized spacial score (nSPS) is 10.7. The van der Waals surface area contributed by atoms with Gasteiger partial charge in [-0.2, -0.15) is 5.10 Å². The molecule has 0 aliphatic heterocycles. The van der Waals surface area contributed by atoms with Crippen LogP contribution < -0.4 is 10.7 Å². The second-order valence-corrected chi connectivity index (χ2v) is 5.67. The van der Waals surface area contributed by atoms with E-state index in [9.17, 15) is 0 Å². The molecular weight excluding hydrogens is 316 g/mol. The van der Waals surface area contributed by atoms with Crippen molar-refractivity contribution < 1.29 is 0 Å². The maximum absolute atomic E-state index is 5.24. The summed E-state index contributed by atoms with van der Waals surface area (Å²) < 4.78 is 2.14. The van der Waals surface area contributed by atoms with Gasteiger partial charge in [-0.15, -0.1) is 0 Å². The van der Waals surface area contributed by atoms with E-state index in [4.69, 9.17) is 12.2 Å². The van der Waals surface area contributed by atoms with Gasteiger partial charge in [-0.3, -0.25) is 5.43 Å². The van der Waals surface area contributed by atoms with Gasteiger partial charge in [-0.1, -0.05) is 36.4 Å². The number of benzene rings is 2. The number of hydrazone groups is 1. The van der Waals surface area contributed by atoms with Gasteiger partial charge >= 0.3 is 0 Å². The van der Waals surface area contributed by atoms with Crippen molar-refractivity contribution in [2.75, 3.05) is 5.32 Å². The number of nitrogens with zero attached hydrogens (tertiary/aromatic N) is 2. The molecule has 0 saturated carbocycles. The van der Waals surface area contributed by atoms with E-state index in [1.165, 1.54) is 0 Å². The molecule has 1 aromatic heterocycles. The molecule has 4 nitrogen and oxygen atoms in total. The molecule has 0 aliphatic rings. The Kier molecular flexibility index (Phi) is 5.03. The highest BCUT2D eigenvalue weighted by Crippen LogP contribution is 2.15. The summed E-state index contributed by atoms with van der Waals surface area (Å²) in [4.78, 5) is 0. The van der Waals surface area contributed by atoms with Gasteiger partial charge in [0.15, 0.2) is 5.11 Å². The quantitative estimate of drug-likeness (QED) is 0.429. The third kappa shape index (κ3) is 3.88. The van der Waals surface area contributed by atoms with Gasteiger partial charge < -0.3 is 9.88 Å². The number of para-hydroxylation sites is 2. The Morgan fingerprint density at radius 1 is 0.958 bits per heavy atom. The fourth-order valence-corrected chi connectivity index (χ4v) is 2.60. The zero-order valence-electron chi connectivity index (χ0n) is 13.3. The van der Waals surface area contributed by atoms with Gasteiger partial charge in [-0.05, 0) is 55.5 Å².